The van der Waals surface area contributed by atoms with Crippen LogP contribution in [0, 0.1) is 0 Å². The van der Waals surface area contributed by atoms with Crippen LogP contribution in [-0.4, -0.2) is 24.2 Å². The van der Waals surface area contributed by atoms with Gasteiger partial charge < -0.3 is 4.42 Å². The molecule has 2 N–H and O–H groups in total. The summed E-state index contributed by atoms with van der Waals surface area (Å²) in [5.41, 5.74) is 5.58. The van der Waals surface area contributed by atoms with E-state index in [0.29, 0.717) is 31.2 Å². The summed E-state index contributed by atoms with van der Waals surface area (Å²) in [7, 11) is 0. The highest BCUT2D eigenvalue weighted by atomic mass is 35.5. The molecule has 0 aliphatic carbocycles. The molecule has 0 aliphatic heterocycles. The Kier molecular flexibility index (Phi) is 7.70. The van der Waals surface area contributed by atoms with Crippen LogP contribution in [0.3, 0.4) is 0 Å². The van der Waals surface area contributed by atoms with Gasteiger partial charge in [0.15, 0.2) is 11.5 Å². The Balaban J connectivity index is 1.58. The van der Waals surface area contributed by atoms with Crippen molar-refractivity contribution in [1.82, 2.24) is 10.9 Å². The van der Waals surface area contributed by atoms with E-state index in [4.69, 9.17) is 50.8 Å². The smallest absolute Gasteiger partial charge is 0.307 e. The number of furan rings is 1. The first-order valence-corrected chi connectivity index (χ1v) is 10.0. The molecule has 1 aromatic heterocycles. The van der Waals surface area contributed by atoms with Crippen molar-refractivity contribution >= 4 is 70.6 Å². The summed E-state index contributed by atoms with van der Waals surface area (Å²) in [6, 6.07) is 12.6. The van der Waals surface area contributed by atoms with Gasteiger partial charge in [-0.05, 0) is 24.3 Å². The number of amides is 2. The Morgan fingerprint density at radius 1 is 0.710 bits per heavy atom. The zero-order chi connectivity index (χ0) is 22.4. The summed E-state index contributed by atoms with van der Waals surface area (Å²) >= 11 is 23.9. The molecule has 31 heavy (non-hydrogen) atoms. The van der Waals surface area contributed by atoms with Gasteiger partial charge in [-0.3, -0.25) is 9.59 Å². The van der Waals surface area contributed by atoms with Crippen molar-refractivity contribution in [3.63, 3.8) is 0 Å². The van der Waals surface area contributed by atoms with Crippen LogP contribution in [0.2, 0.25) is 20.1 Å². The molecule has 2 amide bonds. The minimum atomic E-state index is -0.664. The van der Waals surface area contributed by atoms with Gasteiger partial charge in [-0.1, -0.05) is 70.7 Å². The fraction of sp³-hybridized carbons (Fsp3) is 0. The maximum absolute atomic E-state index is 12.1. The quantitative estimate of drug-likeness (QED) is 0.351. The molecule has 3 rings (SSSR count). The maximum atomic E-state index is 12.1. The highest BCUT2D eigenvalue weighted by Crippen LogP contribution is 2.25. The van der Waals surface area contributed by atoms with E-state index in [2.05, 4.69) is 21.1 Å². The van der Waals surface area contributed by atoms with E-state index in [9.17, 15) is 9.59 Å². The second-order valence-corrected chi connectivity index (χ2v) is 7.42. The van der Waals surface area contributed by atoms with Crippen LogP contribution < -0.4 is 10.9 Å². The minimum absolute atomic E-state index is 0.124. The van der Waals surface area contributed by atoms with E-state index < -0.39 is 11.8 Å². The lowest BCUT2D eigenvalue weighted by Crippen LogP contribution is -2.18. The number of nitrogens with zero attached hydrogens (tertiary/aromatic N) is 2. The molecule has 7 nitrogen and oxygen atoms in total. The fourth-order valence-electron chi connectivity index (χ4n) is 2.25. The standard InChI is InChI=1S/C20H12Cl4N4O3/c21-13-5-1-3-11(17(13)23)9-25-27-19(29)15-7-8-16(31-15)20(30)28-26-10-12-4-2-6-14(22)18(12)24/h1-10H,(H,27,29)(H,28,30). The third kappa shape index (κ3) is 5.86. The third-order valence-corrected chi connectivity index (χ3v) is 5.42. The van der Waals surface area contributed by atoms with Crippen LogP contribution in [0.5, 0.6) is 0 Å². The van der Waals surface area contributed by atoms with Crippen LogP contribution in [0.4, 0.5) is 0 Å². The third-order valence-electron chi connectivity index (χ3n) is 3.76. The van der Waals surface area contributed by atoms with Crippen LogP contribution in [-0.2, 0) is 0 Å². The maximum Gasteiger partial charge on any atom is 0.307 e. The van der Waals surface area contributed by atoms with Crippen molar-refractivity contribution in [3.8, 4) is 0 Å². The highest BCUT2D eigenvalue weighted by molar-refractivity contribution is 6.44. The number of carbonyl (C=O) groups is 2. The predicted octanol–water partition coefficient (Wildman–Crippen LogP) is 5.42. The minimum Gasteiger partial charge on any atom is -0.446 e. The molecule has 0 radical (unpaired) electrons. The zero-order valence-corrected chi connectivity index (χ0v) is 18.4. The molecule has 3 aromatic rings. The number of nitrogens with one attached hydrogen (secondary N) is 2. The summed E-state index contributed by atoms with van der Waals surface area (Å²) < 4.78 is 5.23. The van der Waals surface area contributed by atoms with E-state index in [0.717, 1.165) is 0 Å². The zero-order valence-electron chi connectivity index (χ0n) is 15.4. The largest absolute Gasteiger partial charge is 0.446 e. The van der Waals surface area contributed by atoms with Crippen molar-refractivity contribution in [2.24, 2.45) is 10.2 Å². The first-order valence-electron chi connectivity index (χ1n) is 8.51. The van der Waals surface area contributed by atoms with Gasteiger partial charge in [0.1, 0.15) is 0 Å². The lowest BCUT2D eigenvalue weighted by molar-refractivity contribution is 0.0902. The van der Waals surface area contributed by atoms with E-state index >= 15 is 0 Å². The second kappa shape index (κ2) is 10.5. The molecule has 0 atom stereocenters. The summed E-state index contributed by atoms with van der Waals surface area (Å²) in [4.78, 5) is 24.2. The Morgan fingerprint density at radius 3 is 1.55 bits per heavy atom. The normalized spacial score (nSPS) is 11.2. The van der Waals surface area contributed by atoms with E-state index in [1.54, 1.807) is 36.4 Å². The highest BCUT2D eigenvalue weighted by Gasteiger charge is 2.15. The van der Waals surface area contributed by atoms with Gasteiger partial charge >= 0.3 is 11.8 Å². The van der Waals surface area contributed by atoms with Crippen molar-refractivity contribution in [2.45, 2.75) is 0 Å². The molecule has 0 saturated carbocycles. The SMILES string of the molecule is O=C(NN=Cc1cccc(Cl)c1Cl)c1ccc(C(=O)NN=Cc2cccc(Cl)c2Cl)o1. The first-order chi connectivity index (χ1) is 14.9. The topological polar surface area (TPSA) is 96.1 Å². The molecule has 0 spiro atoms. The number of hydrogen-bond donors (Lipinski definition) is 2. The lowest BCUT2D eigenvalue weighted by Gasteiger charge is -2.00. The second-order valence-electron chi connectivity index (χ2n) is 5.85. The Labute approximate surface area is 196 Å². The average molecular weight is 498 g/mol. The Bertz CT molecular complexity index is 1100. The molecular formula is C20H12Cl4N4O3. The molecule has 0 unspecified atom stereocenters. The lowest BCUT2D eigenvalue weighted by atomic mass is 10.2. The van der Waals surface area contributed by atoms with Gasteiger partial charge in [0, 0.05) is 11.1 Å². The van der Waals surface area contributed by atoms with E-state index in [-0.39, 0.29) is 11.5 Å². The molecule has 158 valence electrons. The van der Waals surface area contributed by atoms with Gasteiger partial charge in [-0.2, -0.15) is 10.2 Å². The average Bonchev–Trinajstić information content (AvgIpc) is 3.24. The van der Waals surface area contributed by atoms with Crippen LogP contribution in [0.1, 0.15) is 32.2 Å². The molecule has 0 aliphatic rings. The molecule has 11 heteroatoms. The first kappa shape index (κ1) is 22.8. The van der Waals surface area contributed by atoms with Gasteiger partial charge in [-0.25, -0.2) is 10.9 Å². The Hall–Kier alpha value is -2.84. The molecule has 0 saturated heterocycles. The van der Waals surface area contributed by atoms with Crippen LogP contribution in [0.15, 0.2) is 63.2 Å². The monoisotopic (exact) mass is 496 g/mol. The van der Waals surface area contributed by atoms with Gasteiger partial charge in [0.25, 0.3) is 0 Å². The number of carbonyl (C=O) groups excluding carboxylic acids is 2. The van der Waals surface area contributed by atoms with Gasteiger partial charge in [0.2, 0.25) is 0 Å². The van der Waals surface area contributed by atoms with E-state index in [1.807, 2.05) is 0 Å². The van der Waals surface area contributed by atoms with Gasteiger partial charge in [-0.15, -0.1) is 0 Å². The van der Waals surface area contributed by atoms with Crippen LogP contribution in [0.25, 0.3) is 0 Å². The summed E-state index contributed by atoms with van der Waals surface area (Å²) in [5, 5.41) is 8.92. The molecule has 2 aromatic carbocycles. The molecule has 1 heterocycles. The number of hydrogen-bond acceptors (Lipinski definition) is 5. The van der Waals surface area contributed by atoms with Crippen molar-refractivity contribution < 1.29 is 14.0 Å². The fourth-order valence-corrected chi connectivity index (χ4v) is 2.97. The summed E-state index contributed by atoms with van der Waals surface area (Å²) in [6.07, 6.45) is 2.66. The Morgan fingerprint density at radius 2 is 1.13 bits per heavy atom. The predicted molar refractivity (Wildman–Crippen MR) is 122 cm³/mol. The van der Waals surface area contributed by atoms with E-state index in [1.165, 1.54) is 24.6 Å². The van der Waals surface area contributed by atoms with Crippen molar-refractivity contribution in [2.75, 3.05) is 0 Å². The molecule has 0 fully saturated rings. The number of halogens is 4. The number of benzene rings is 2. The number of hydrazone groups is 2. The summed E-state index contributed by atoms with van der Waals surface area (Å²) in [6.45, 7) is 0. The molecule has 0 bridgehead atoms. The number of rotatable bonds is 6. The van der Waals surface area contributed by atoms with Crippen molar-refractivity contribution in [1.29, 1.82) is 0 Å². The molecular weight excluding hydrogens is 486 g/mol. The van der Waals surface area contributed by atoms with Crippen molar-refractivity contribution in [3.05, 3.63) is 91.3 Å². The van der Waals surface area contributed by atoms with Gasteiger partial charge in [0.05, 0.1) is 32.5 Å². The summed E-state index contributed by atoms with van der Waals surface area (Å²) in [5.74, 6) is -1.58. The van der Waals surface area contributed by atoms with Crippen LogP contribution >= 0.6 is 46.4 Å².